The third-order valence-corrected chi connectivity index (χ3v) is 2.59. The van der Waals surface area contributed by atoms with Crippen molar-refractivity contribution in [1.82, 2.24) is 4.90 Å². The Balaban J connectivity index is 0.00000144. The van der Waals surface area contributed by atoms with E-state index in [1.54, 1.807) is 0 Å². The molecule has 1 heterocycles. The Hall–Kier alpha value is 0.517. The molecule has 2 nitrogen and oxygen atoms in total. The van der Waals surface area contributed by atoms with E-state index in [9.17, 15) is 5.11 Å². The summed E-state index contributed by atoms with van der Waals surface area (Å²) in [5.41, 5.74) is -0.0808. The van der Waals surface area contributed by atoms with Crippen LogP contribution in [-0.4, -0.2) is 30.6 Å². The third kappa shape index (κ3) is 4.51. The average Bonchev–Trinajstić information content (AvgIpc) is 2.37. The van der Waals surface area contributed by atoms with Crippen molar-refractivity contribution >= 4 is 0 Å². The first kappa shape index (κ1) is 13.5. The maximum atomic E-state index is 11.7. The molecular formula is C10H20LiNO. The SMILES string of the molecule is CC(C)(C)[C@H]([O-])CN1CCCC1.[Li+]. The van der Waals surface area contributed by atoms with Gasteiger partial charge in [0.15, 0.2) is 0 Å². The van der Waals surface area contributed by atoms with Gasteiger partial charge in [-0.05, 0) is 37.9 Å². The van der Waals surface area contributed by atoms with Crippen LogP contribution in [-0.2, 0) is 0 Å². The molecule has 13 heavy (non-hydrogen) atoms. The van der Waals surface area contributed by atoms with Crippen molar-refractivity contribution in [3.63, 3.8) is 0 Å². The molecule has 0 aromatic carbocycles. The zero-order valence-corrected chi connectivity index (χ0v) is 9.47. The van der Waals surface area contributed by atoms with Gasteiger partial charge in [0.05, 0.1) is 0 Å². The Kier molecular flexibility index (Phi) is 5.63. The predicted molar refractivity (Wildman–Crippen MR) is 48.9 cm³/mol. The van der Waals surface area contributed by atoms with Gasteiger partial charge in [0.25, 0.3) is 0 Å². The molecule has 0 bridgehead atoms. The first-order valence-corrected chi connectivity index (χ1v) is 4.88. The quantitative estimate of drug-likeness (QED) is 0.450. The fourth-order valence-electron chi connectivity index (χ4n) is 1.47. The molecule has 3 heteroatoms. The maximum Gasteiger partial charge on any atom is 1.00 e. The minimum atomic E-state index is -0.435. The van der Waals surface area contributed by atoms with Crippen LogP contribution in [0.3, 0.4) is 0 Å². The van der Waals surface area contributed by atoms with Crippen LogP contribution in [0.1, 0.15) is 33.6 Å². The van der Waals surface area contributed by atoms with Crippen LogP contribution in [0.15, 0.2) is 0 Å². The van der Waals surface area contributed by atoms with Crippen molar-refractivity contribution in [2.45, 2.75) is 39.7 Å². The Morgan fingerprint density at radius 3 is 2.08 bits per heavy atom. The largest absolute Gasteiger partial charge is 1.00 e. The van der Waals surface area contributed by atoms with Gasteiger partial charge in [-0.2, -0.15) is 0 Å². The Labute approximate surface area is 93.9 Å². The van der Waals surface area contributed by atoms with Crippen molar-refractivity contribution in [3.8, 4) is 0 Å². The molecule has 1 saturated heterocycles. The molecule has 0 spiro atoms. The van der Waals surface area contributed by atoms with Crippen LogP contribution in [0.25, 0.3) is 0 Å². The van der Waals surface area contributed by atoms with Crippen molar-refractivity contribution in [1.29, 1.82) is 0 Å². The van der Waals surface area contributed by atoms with Gasteiger partial charge in [-0.3, -0.25) is 0 Å². The number of likely N-dealkylation sites (tertiary alicyclic amines) is 1. The van der Waals surface area contributed by atoms with Crippen molar-refractivity contribution < 1.29 is 24.0 Å². The van der Waals surface area contributed by atoms with Crippen molar-refractivity contribution in [3.05, 3.63) is 0 Å². The molecule has 1 aliphatic heterocycles. The van der Waals surface area contributed by atoms with Crippen LogP contribution in [0.4, 0.5) is 0 Å². The van der Waals surface area contributed by atoms with E-state index in [0.717, 1.165) is 19.6 Å². The molecule has 0 aromatic rings. The molecule has 1 fully saturated rings. The number of nitrogens with zero attached hydrogens (tertiary/aromatic N) is 1. The predicted octanol–water partition coefficient (Wildman–Crippen LogP) is -2.14. The van der Waals surface area contributed by atoms with E-state index in [2.05, 4.69) is 4.90 Å². The molecular weight excluding hydrogens is 157 g/mol. The van der Waals surface area contributed by atoms with E-state index < -0.39 is 6.10 Å². The Bertz CT molecular complexity index is 138. The monoisotopic (exact) mass is 177 g/mol. The summed E-state index contributed by atoms with van der Waals surface area (Å²) in [6.07, 6.45) is 2.11. The van der Waals surface area contributed by atoms with E-state index in [-0.39, 0.29) is 24.3 Å². The summed E-state index contributed by atoms with van der Waals surface area (Å²) in [7, 11) is 0. The molecule has 0 unspecified atom stereocenters. The van der Waals surface area contributed by atoms with Crippen LogP contribution in [0, 0.1) is 5.41 Å². The summed E-state index contributed by atoms with van der Waals surface area (Å²) >= 11 is 0. The molecule has 1 atom stereocenters. The second-order valence-corrected chi connectivity index (χ2v) is 4.86. The summed E-state index contributed by atoms with van der Waals surface area (Å²) in [6, 6.07) is 0. The number of hydrogen-bond donors (Lipinski definition) is 0. The van der Waals surface area contributed by atoms with E-state index in [1.807, 2.05) is 20.8 Å². The molecule has 1 rings (SSSR count). The summed E-state index contributed by atoms with van der Waals surface area (Å²) in [5, 5.41) is 11.7. The summed E-state index contributed by atoms with van der Waals surface area (Å²) < 4.78 is 0. The first-order valence-electron chi connectivity index (χ1n) is 4.88. The molecule has 0 saturated carbocycles. The van der Waals surface area contributed by atoms with Crippen LogP contribution < -0.4 is 24.0 Å². The molecule has 0 amide bonds. The second kappa shape index (κ2) is 5.41. The fraction of sp³-hybridized carbons (Fsp3) is 1.00. The van der Waals surface area contributed by atoms with Gasteiger partial charge in [-0.25, -0.2) is 0 Å². The smallest absolute Gasteiger partial charge is 0.851 e. The summed E-state index contributed by atoms with van der Waals surface area (Å²) in [5.74, 6) is 0. The van der Waals surface area contributed by atoms with Crippen LogP contribution >= 0.6 is 0 Å². The van der Waals surface area contributed by atoms with Gasteiger partial charge >= 0.3 is 18.9 Å². The third-order valence-electron chi connectivity index (χ3n) is 2.59. The summed E-state index contributed by atoms with van der Waals surface area (Å²) in [4.78, 5) is 2.29. The molecule has 0 radical (unpaired) electrons. The summed E-state index contributed by atoms with van der Waals surface area (Å²) in [6.45, 7) is 9.09. The van der Waals surface area contributed by atoms with Gasteiger partial charge in [-0.15, -0.1) is 6.10 Å². The van der Waals surface area contributed by atoms with Gasteiger partial charge in [-0.1, -0.05) is 20.8 Å². The Morgan fingerprint density at radius 1 is 1.23 bits per heavy atom. The zero-order valence-electron chi connectivity index (χ0n) is 9.47. The van der Waals surface area contributed by atoms with Crippen molar-refractivity contribution in [2.24, 2.45) is 5.41 Å². The van der Waals surface area contributed by atoms with Gasteiger partial charge in [0.1, 0.15) is 0 Å². The van der Waals surface area contributed by atoms with E-state index >= 15 is 0 Å². The number of rotatable bonds is 2. The maximum absolute atomic E-state index is 11.7. The second-order valence-electron chi connectivity index (χ2n) is 4.86. The van der Waals surface area contributed by atoms with E-state index in [1.165, 1.54) is 12.8 Å². The molecule has 0 aliphatic carbocycles. The standard InChI is InChI=1S/C10H20NO.Li/c1-10(2,3)9(12)8-11-6-4-5-7-11;/h9H,4-8H2,1-3H3;/q-1;+1/t9-;/m1./s1. The van der Waals surface area contributed by atoms with Crippen LogP contribution in [0.2, 0.25) is 0 Å². The molecule has 0 aromatic heterocycles. The Morgan fingerprint density at radius 2 is 1.69 bits per heavy atom. The fourth-order valence-corrected chi connectivity index (χ4v) is 1.47. The van der Waals surface area contributed by atoms with E-state index in [0.29, 0.717) is 0 Å². The zero-order chi connectivity index (χ0) is 9.19. The molecule has 1 aliphatic rings. The average molecular weight is 177 g/mol. The van der Waals surface area contributed by atoms with E-state index in [4.69, 9.17) is 0 Å². The first-order chi connectivity index (χ1) is 5.50. The van der Waals surface area contributed by atoms with Gasteiger partial charge < -0.3 is 10.0 Å². The topological polar surface area (TPSA) is 26.3 Å². The van der Waals surface area contributed by atoms with Crippen LogP contribution in [0.5, 0.6) is 0 Å². The minimum absolute atomic E-state index is 0. The van der Waals surface area contributed by atoms with Gasteiger partial charge in [0.2, 0.25) is 0 Å². The molecule has 72 valence electrons. The van der Waals surface area contributed by atoms with Crippen molar-refractivity contribution in [2.75, 3.05) is 19.6 Å². The molecule has 0 N–H and O–H groups in total. The minimum Gasteiger partial charge on any atom is -0.851 e. The number of hydrogen-bond acceptors (Lipinski definition) is 2. The normalized spacial score (nSPS) is 21.2. The van der Waals surface area contributed by atoms with Gasteiger partial charge in [0, 0.05) is 0 Å².